The lowest BCUT2D eigenvalue weighted by molar-refractivity contribution is -0.151. The fraction of sp³-hybridized carbons (Fsp3) is 0.333. The summed E-state index contributed by atoms with van der Waals surface area (Å²) in [7, 11) is 4.85. The van der Waals surface area contributed by atoms with Gasteiger partial charge in [0.1, 0.15) is 23.7 Å². The highest BCUT2D eigenvalue weighted by molar-refractivity contribution is 7.80. The van der Waals surface area contributed by atoms with Crippen LogP contribution in [0.3, 0.4) is 0 Å². The summed E-state index contributed by atoms with van der Waals surface area (Å²) < 4.78 is 30.4. The van der Waals surface area contributed by atoms with Crippen LogP contribution in [0.25, 0.3) is 10.8 Å². The number of carbonyl (C=O) groups is 2. The number of esters is 1. The van der Waals surface area contributed by atoms with Crippen molar-refractivity contribution in [3.8, 4) is 0 Å². The number of nitrogens with two attached hydrogens (primary N) is 1. The molecule has 0 saturated carbocycles. The molecule has 11 nitrogen and oxygen atoms in total. The number of likely N-dealkylation sites (tertiary alicyclic amines) is 1. The number of anilines is 3. The number of rotatable bonds is 8. The fourth-order valence-electron chi connectivity index (χ4n) is 4.44. The summed E-state index contributed by atoms with van der Waals surface area (Å²) in [5, 5.41) is 1.81. The van der Waals surface area contributed by atoms with Gasteiger partial charge in [-0.1, -0.05) is 11.6 Å². The Morgan fingerprint density at radius 1 is 1.32 bits per heavy atom. The monoisotopic (exact) mass is 545 g/mol. The van der Waals surface area contributed by atoms with Crippen LogP contribution in [0.1, 0.15) is 12.0 Å². The van der Waals surface area contributed by atoms with Crippen molar-refractivity contribution in [2.24, 2.45) is 0 Å². The zero-order chi connectivity index (χ0) is 26.9. The highest BCUT2D eigenvalue weighted by Gasteiger charge is 2.43. The molecule has 13 heteroatoms. The summed E-state index contributed by atoms with van der Waals surface area (Å²) in [6.07, 6.45) is 3.22. The van der Waals surface area contributed by atoms with Crippen LogP contribution in [0, 0.1) is 0 Å². The van der Waals surface area contributed by atoms with Gasteiger partial charge in [0.15, 0.2) is 0 Å². The number of ether oxygens (including phenoxy) is 1. The third kappa shape index (κ3) is 5.31. The second kappa shape index (κ2) is 10.9. The molecule has 1 amide bonds. The second-order valence-corrected chi connectivity index (χ2v) is 9.99. The van der Waals surface area contributed by atoms with Gasteiger partial charge < -0.3 is 24.8 Å². The van der Waals surface area contributed by atoms with Crippen molar-refractivity contribution in [3.63, 3.8) is 0 Å². The molecule has 1 unspecified atom stereocenters. The maximum absolute atomic E-state index is 13.5. The minimum atomic E-state index is -2.76. The molecule has 4 rings (SSSR count). The van der Waals surface area contributed by atoms with E-state index in [2.05, 4.69) is 9.97 Å². The van der Waals surface area contributed by atoms with Crippen molar-refractivity contribution in [2.75, 3.05) is 42.7 Å². The van der Waals surface area contributed by atoms with Crippen molar-refractivity contribution in [3.05, 3.63) is 53.3 Å². The molecule has 3 aromatic rings. The third-order valence-electron chi connectivity index (χ3n) is 6.33. The molecule has 3 atom stereocenters. The first kappa shape index (κ1) is 26.6. The fourth-order valence-corrected chi connectivity index (χ4v) is 5.37. The van der Waals surface area contributed by atoms with E-state index in [0.29, 0.717) is 27.6 Å². The van der Waals surface area contributed by atoms with Crippen LogP contribution in [0.2, 0.25) is 5.02 Å². The quantitative estimate of drug-likeness (QED) is 0.331. The van der Waals surface area contributed by atoms with Gasteiger partial charge in [-0.25, -0.2) is 14.8 Å². The number of aromatic nitrogens is 2. The predicted octanol–water partition coefficient (Wildman–Crippen LogP) is 1.92. The molecule has 0 aliphatic carbocycles. The number of carbonyl (C=O) groups excluding carboxylic acids is 2. The summed E-state index contributed by atoms with van der Waals surface area (Å²) in [5.41, 5.74) is 6.80. The van der Waals surface area contributed by atoms with Crippen molar-refractivity contribution >= 4 is 62.8 Å². The lowest BCUT2D eigenvalue weighted by Gasteiger charge is -2.32. The van der Waals surface area contributed by atoms with Gasteiger partial charge in [-0.15, -0.1) is 0 Å². The van der Waals surface area contributed by atoms with E-state index >= 15 is 0 Å². The zero-order valence-corrected chi connectivity index (χ0v) is 22.0. The molecule has 196 valence electrons. The Morgan fingerprint density at radius 2 is 2.08 bits per heavy atom. The lowest BCUT2D eigenvalue weighted by Crippen LogP contribution is -2.49. The summed E-state index contributed by atoms with van der Waals surface area (Å²) in [6.45, 7) is 0.155. The summed E-state index contributed by atoms with van der Waals surface area (Å²) >= 11 is 3.75. The Bertz CT molecular complexity index is 1360. The first-order chi connectivity index (χ1) is 17.6. The maximum Gasteiger partial charge on any atom is 0.328 e. The average Bonchev–Trinajstić information content (AvgIpc) is 3.23. The normalized spacial score (nSPS) is 17.1. The minimum Gasteiger partial charge on any atom is -0.755 e. The van der Waals surface area contributed by atoms with E-state index in [1.54, 1.807) is 41.4 Å². The molecule has 1 aliphatic heterocycles. The van der Waals surface area contributed by atoms with E-state index in [9.17, 15) is 18.4 Å². The smallest absolute Gasteiger partial charge is 0.328 e. The largest absolute Gasteiger partial charge is 0.755 e. The van der Waals surface area contributed by atoms with Gasteiger partial charge in [0.25, 0.3) is 0 Å². The van der Waals surface area contributed by atoms with Gasteiger partial charge in [-0.2, -0.15) is 0 Å². The molecule has 3 heterocycles. The van der Waals surface area contributed by atoms with Crippen molar-refractivity contribution < 1.29 is 23.1 Å². The highest BCUT2D eigenvalue weighted by atomic mass is 35.5. The number of amides is 1. The molecule has 37 heavy (non-hydrogen) atoms. The molecule has 0 spiro atoms. The molecule has 2 aromatic heterocycles. The molecule has 1 aliphatic rings. The van der Waals surface area contributed by atoms with E-state index in [1.165, 1.54) is 18.2 Å². The number of hydrogen-bond donors (Lipinski definition) is 1. The number of nitrogens with zero attached hydrogens (tertiary/aromatic N) is 5. The molecular weight excluding hydrogens is 520 g/mol. The van der Waals surface area contributed by atoms with Crippen LogP contribution < -0.4 is 14.9 Å². The maximum atomic E-state index is 13.5. The Kier molecular flexibility index (Phi) is 7.81. The van der Waals surface area contributed by atoms with Crippen LogP contribution in [0.4, 0.5) is 17.3 Å². The van der Waals surface area contributed by atoms with Crippen LogP contribution in [0.15, 0.2) is 42.7 Å². The Morgan fingerprint density at radius 3 is 2.70 bits per heavy atom. The van der Waals surface area contributed by atoms with E-state index < -0.39 is 35.2 Å². The Balaban J connectivity index is 1.63. The number of halogens is 1. The number of nitrogen functional groups attached to an aromatic ring is 1. The van der Waals surface area contributed by atoms with Crippen molar-refractivity contribution in [1.82, 2.24) is 14.9 Å². The SMILES string of the molecule is COC(=O)[C@@H](Cc1cc2ccnc(N)c2cc1Cl)N1CC[C@H](N(c2ccc(N(C)C)nc2)S(=O)[O-])C1=O. The standard InChI is InChI=1S/C24H27ClN6O5S/c1-29(2)21-5-4-16(13-28-21)31(37(34)35)19-7-9-30(23(19)32)20(24(33)36-3)11-15-10-14-6-8-27-22(26)17(14)12-18(15)25/h4-6,8,10,12-13,19-20H,7,9,11H2,1-3H3,(H2,26,27)(H,34,35)/p-1/t19-,20+/m0/s1. The first-order valence-corrected chi connectivity index (χ1v) is 12.8. The van der Waals surface area contributed by atoms with E-state index in [4.69, 9.17) is 22.1 Å². The molecule has 1 saturated heterocycles. The van der Waals surface area contributed by atoms with Gasteiger partial charge >= 0.3 is 5.97 Å². The van der Waals surface area contributed by atoms with Crippen LogP contribution in [0.5, 0.6) is 0 Å². The number of hydrogen-bond acceptors (Lipinski definition) is 9. The Hall–Kier alpha value is -3.48. The highest BCUT2D eigenvalue weighted by Crippen LogP contribution is 2.31. The van der Waals surface area contributed by atoms with Gasteiger partial charge in [0.2, 0.25) is 5.91 Å². The van der Waals surface area contributed by atoms with Crippen LogP contribution in [-0.2, 0) is 32.0 Å². The summed E-state index contributed by atoms with van der Waals surface area (Å²) in [5.74, 6) is -0.185. The van der Waals surface area contributed by atoms with Crippen LogP contribution >= 0.6 is 11.6 Å². The van der Waals surface area contributed by atoms with E-state index in [1.807, 2.05) is 14.1 Å². The number of benzene rings is 1. The van der Waals surface area contributed by atoms with Crippen LogP contribution in [-0.4, -0.2) is 75.3 Å². The molecular formula is C24H26ClN6O5S-. The number of pyridine rings is 2. The molecule has 2 N–H and O–H groups in total. The van der Waals surface area contributed by atoms with Gasteiger partial charge in [0.05, 0.1) is 19.0 Å². The lowest BCUT2D eigenvalue weighted by atomic mass is 10.0. The second-order valence-electron chi connectivity index (χ2n) is 8.75. The van der Waals surface area contributed by atoms with E-state index in [-0.39, 0.29) is 25.1 Å². The van der Waals surface area contributed by atoms with Crippen molar-refractivity contribution in [2.45, 2.75) is 24.9 Å². The summed E-state index contributed by atoms with van der Waals surface area (Å²) in [6, 6.07) is 6.44. The van der Waals surface area contributed by atoms with Gasteiger partial charge in [0, 0.05) is 54.9 Å². The van der Waals surface area contributed by atoms with E-state index in [0.717, 1.165) is 9.69 Å². The topological polar surface area (TPSA) is 145 Å². The van der Waals surface area contributed by atoms with Crippen molar-refractivity contribution in [1.29, 1.82) is 0 Å². The van der Waals surface area contributed by atoms with Gasteiger partial charge in [-0.3, -0.25) is 13.3 Å². The molecule has 0 bridgehead atoms. The zero-order valence-electron chi connectivity index (χ0n) is 20.5. The molecule has 1 aromatic carbocycles. The molecule has 1 fully saturated rings. The third-order valence-corrected chi connectivity index (χ3v) is 7.46. The summed E-state index contributed by atoms with van der Waals surface area (Å²) in [4.78, 5) is 37.8. The first-order valence-electron chi connectivity index (χ1n) is 11.3. The molecule has 0 radical (unpaired) electrons. The minimum absolute atomic E-state index is 0.0711. The predicted molar refractivity (Wildman–Crippen MR) is 141 cm³/mol. The number of methoxy groups -OCH3 is 1. The average molecular weight is 546 g/mol. The number of fused-ring (bicyclic) bond motifs is 1. The van der Waals surface area contributed by atoms with Gasteiger partial charge in [-0.05, 0) is 47.7 Å². The Labute approximate surface area is 221 Å².